The molecule has 0 radical (unpaired) electrons. The molecule has 0 fully saturated rings. The second-order valence-corrected chi connectivity index (χ2v) is 3.09. The number of nitrogen functional groups attached to an aromatic ring is 1. The molecule has 0 aliphatic heterocycles. The second kappa shape index (κ2) is 4.70. The number of hydrogen-bond donors (Lipinski definition) is 2. The molecule has 0 amide bonds. The van der Waals surface area contributed by atoms with Crippen LogP contribution in [0.1, 0.15) is 26.7 Å². The molecule has 0 bridgehead atoms. The van der Waals surface area contributed by atoms with Gasteiger partial charge in [-0.15, -0.1) is 0 Å². The van der Waals surface area contributed by atoms with Gasteiger partial charge in [0.25, 0.3) is 0 Å². The highest BCUT2D eigenvalue weighted by Gasteiger charge is 2.04. The first-order chi connectivity index (χ1) is 6.27. The predicted molar refractivity (Wildman–Crippen MR) is 56.6 cm³/mol. The fourth-order valence-corrected chi connectivity index (χ4v) is 1.25. The van der Waals surface area contributed by atoms with E-state index in [1.54, 1.807) is 6.20 Å². The zero-order valence-corrected chi connectivity index (χ0v) is 8.25. The summed E-state index contributed by atoms with van der Waals surface area (Å²) in [5, 5.41) is 3.36. The van der Waals surface area contributed by atoms with Gasteiger partial charge in [-0.2, -0.15) is 0 Å². The van der Waals surface area contributed by atoms with E-state index in [9.17, 15) is 0 Å². The maximum Gasteiger partial charge on any atom is 0.146 e. The van der Waals surface area contributed by atoms with Crippen LogP contribution in [0.25, 0.3) is 0 Å². The van der Waals surface area contributed by atoms with Gasteiger partial charge in [0.1, 0.15) is 5.82 Å². The second-order valence-electron chi connectivity index (χ2n) is 3.09. The van der Waals surface area contributed by atoms with Crippen LogP contribution in [0.2, 0.25) is 0 Å². The minimum Gasteiger partial charge on any atom is -0.382 e. The number of nitrogens with two attached hydrogens (primary N) is 1. The molecule has 72 valence electrons. The third-order valence-corrected chi connectivity index (χ3v) is 2.18. The molecule has 3 heteroatoms. The topological polar surface area (TPSA) is 50.9 Å². The fraction of sp³-hybridized carbons (Fsp3) is 0.500. The summed E-state index contributed by atoms with van der Waals surface area (Å²) in [6.07, 6.45) is 3.91. The minimum atomic E-state index is 0.492. The summed E-state index contributed by atoms with van der Waals surface area (Å²) in [5.74, 6) is 0.578. The number of aromatic nitrogens is 1. The number of rotatable bonds is 4. The van der Waals surface area contributed by atoms with Gasteiger partial charge in [0.15, 0.2) is 0 Å². The molecule has 0 aliphatic rings. The van der Waals surface area contributed by atoms with Gasteiger partial charge >= 0.3 is 0 Å². The van der Waals surface area contributed by atoms with E-state index in [1.165, 1.54) is 0 Å². The lowest BCUT2D eigenvalue weighted by molar-refractivity contribution is 0.672. The molecule has 1 aromatic rings. The summed E-state index contributed by atoms with van der Waals surface area (Å²) in [4.78, 5) is 4.02. The van der Waals surface area contributed by atoms with Gasteiger partial charge in [0.05, 0.1) is 5.69 Å². The van der Waals surface area contributed by atoms with E-state index in [0.29, 0.717) is 11.9 Å². The highest BCUT2D eigenvalue weighted by atomic mass is 15.0. The van der Waals surface area contributed by atoms with Crippen LogP contribution in [0.15, 0.2) is 18.3 Å². The number of hydrogen-bond acceptors (Lipinski definition) is 3. The Morgan fingerprint density at radius 3 is 2.69 bits per heavy atom. The Morgan fingerprint density at radius 2 is 2.15 bits per heavy atom. The average molecular weight is 179 g/mol. The zero-order chi connectivity index (χ0) is 9.68. The molecular weight excluding hydrogens is 162 g/mol. The van der Waals surface area contributed by atoms with E-state index in [2.05, 4.69) is 24.1 Å². The summed E-state index contributed by atoms with van der Waals surface area (Å²) in [5.41, 5.74) is 6.65. The fourth-order valence-electron chi connectivity index (χ4n) is 1.25. The Morgan fingerprint density at radius 1 is 1.46 bits per heavy atom. The van der Waals surface area contributed by atoms with Gasteiger partial charge in [-0.1, -0.05) is 13.8 Å². The SMILES string of the molecule is CCC(CC)Nc1cccnc1N. The molecular formula is C10H17N3. The smallest absolute Gasteiger partial charge is 0.146 e. The summed E-state index contributed by atoms with van der Waals surface area (Å²) in [6, 6.07) is 4.34. The molecule has 1 aromatic heterocycles. The van der Waals surface area contributed by atoms with Gasteiger partial charge in [0, 0.05) is 12.2 Å². The van der Waals surface area contributed by atoms with Crippen molar-refractivity contribution in [2.45, 2.75) is 32.7 Å². The minimum absolute atomic E-state index is 0.492. The average Bonchev–Trinajstić information content (AvgIpc) is 2.17. The molecule has 1 rings (SSSR count). The van der Waals surface area contributed by atoms with E-state index in [0.717, 1.165) is 18.5 Å². The van der Waals surface area contributed by atoms with Crippen LogP contribution in [0.4, 0.5) is 11.5 Å². The first kappa shape index (κ1) is 9.84. The van der Waals surface area contributed by atoms with Gasteiger partial charge in [-0.05, 0) is 25.0 Å². The van der Waals surface area contributed by atoms with Crippen molar-refractivity contribution < 1.29 is 0 Å². The Hall–Kier alpha value is -1.25. The van der Waals surface area contributed by atoms with Gasteiger partial charge in [-0.3, -0.25) is 0 Å². The standard InChI is InChI=1S/C10H17N3/c1-3-8(4-2)13-9-6-5-7-12-10(9)11/h5-8,13H,3-4H2,1-2H3,(H2,11,12). The number of anilines is 2. The van der Waals surface area contributed by atoms with Crippen LogP contribution < -0.4 is 11.1 Å². The normalized spacial score (nSPS) is 10.4. The summed E-state index contributed by atoms with van der Waals surface area (Å²) in [7, 11) is 0. The molecule has 0 aliphatic carbocycles. The predicted octanol–water partition coefficient (Wildman–Crippen LogP) is 2.26. The van der Waals surface area contributed by atoms with Crippen LogP contribution in [0.5, 0.6) is 0 Å². The largest absolute Gasteiger partial charge is 0.382 e. The van der Waals surface area contributed by atoms with Crippen LogP contribution in [-0.4, -0.2) is 11.0 Å². The van der Waals surface area contributed by atoms with Crippen molar-refractivity contribution in [2.24, 2.45) is 0 Å². The third kappa shape index (κ3) is 2.61. The zero-order valence-electron chi connectivity index (χ0n) is 8.25. The van der Waals surface area contributed by atoms with Crippen molar-refractivity contribution in [3.8, 4) is 0 Å². The number of nitrogens with zero attached hydrogens (tertiary/aromatic N) is 1. The van der Waals surface area contributed by atoms with E-state index in [-0.39, 0.29) is 0 Å². The number of pyridine rings is 1. The van der Waals surface area contributed by atoms with E-state index < -0.39 is 0 Å². The van der Waals surface area contributed by atoms with Crippen molar-refractivity contribution in [3.05, 3.63) is 18.3 Å². The molecule has 0 saturated heterocycles. The monoisotopic (exact) mass is 179 g/mol. The van der Waals surface area contributed by atoms with Crippen molar-refractivity contribution in [1.82, 2.24) is 4.98 Å². The first-order valence-electron chi connectivity index (χ1n) is 4.75. The maximum absolute atomic E-state index is 5.70. The maximum atomic E-state index is 5.70. The lowest BCUT2D eigenvalue weighted by Gasteiger charge is -2.16. The first-order valence-corrected chi connectivity index (χ1v) is 4.75. The van der Waals surface area contributed by atoms with Crippen molar-refractivity contribution in [3.63, 3.8) is 0 Å². The van der Waals surface area contributed by atoms with Crippen molar-refractivity contribution >= 4 is 11.5 Å². The van der Waals surface area contributed by atoms with Gasteiger partial charge in [0.2, 0.25) is 0 Å². The Bertz CT molecular complexity index is 256. The molecule has 0 atom stereocenters. The summed E-state index contributed by atoms with van der Waals surface area (Å²) in [6.45, 7) is 4.32. The molecule has 13 heavy (non-hydrogen) atoms. The lowest BCUT2D eigenvalue weighted by Crippen LogP contribution is -2.18. The molecule has 0 spiro atoms. The molecule has 1 heterocycles. The molecule has 3 N–H and O–H groups in total. The Balaban J connectivity index is 2.67. The van der Waals surface area contributed by atoms with Gasteiger partial charge < -0.3 is 11.1 Å². The lowest BCUT2D eigenvalue weighted by atomic mass is 10.1. The summed E-state index contributed by atoms with van der Waals surface area (Å²) >= 11 is 0. The number of nitrogens with one attached hydrogen (secondary N) is 1. The van der Waals surface area contributed by atoms with Crippen molar-refractivity contribution in [1.29, 1.82) is 0 Å². The highest BCUT2D eigenvalue weighted by Crippen LogP contribution is 2.16. The van der Waals surface area contributed by atoms with Crippen LogP contribution >= 0.6 is 0 Å². The Kier molecular flexibility index (Phi) is 3.55. The van der Waals surface area contributed by atoms with E-state index in [1.807, 2.05) is 12.1 Å². The van der Waals surface area contributed by atoms with E-state index >= 15 is 0 Å². The van der Waals surface area contributed by atoms with E-state index in [4.69, 9.17) is 5.73 Å². The molecule has 3 nitrogen and oxygen atoms in total. The third-order valence-electron chi connectivity index (χ3n) is 2.18. The van der Waals surface area contributed by atoms with Crippen LogP contribution in [-0.2, 0) is 0 Å². The van der Waals surface area contributed by atoms with Crippen LogP contribution in [0, 0.1) is 0 Å². The molecule has 0 saturated carbocycles. The Labute approximate surface area is 79.4 Å². The van der Waals surface area contributed by atoms with Crippen molar-refractivity contribution in [2.75, 3.05) is 11.1 Å². The molecule has 0 aromatic carbocycles. The summed E-state index contributed by atoms with van der Waals surface area (Å²) < 4.78 is 0. The highest BCUT2D eigenvalue weighted by molar-refractivity contribution is 5.61. The quantitative estimate of drug-likeness (QED) is 0.745. The van der Waals surface area contributed by atoms with Crippen LogP contribution in [0.3, 0.4) is 0 Å². The van der Waals surface area contributed by atoms with Gasteiger partial charge in [-0.25, -0.2) is 4.98 Å². The molecule has 0 unspecified atom stereocenters.